The third-order valence-electron chi connectivity index (χ3n) is 5.11. The Hall–Kier alpha value is -1.16. The van der Waals surface area contributed by atoms with Gasteiger partial charge in [-0.25, -0.2) is 0 Å². The molecule has 1 aliphatic rings. The monoisotopic (exact) mass is 338 g/mol. The minimum atomic E-state index is -0.834. The molecule has 0 aromatic heterocycles. The molecule has 3 atom stereocenters. The van der Waals surface area contributed by atoms with E-state index in [1.165, 1.54) is 0 Å². The molecule has 0 aromatic carbocycles. The van der Waals surface area contributed by atoms with Gasteiger partial charge in [0.2, 0.25) is 5.91 Å². The van der Waals surface area contributed by atoms with E-state index in [0.717, 1.165) is 39.0 Å². The number of hydrogen-bond acceptors (Lipinski definition) is 5. The van der Waals surface area contributed by atoms with Crippen LogP contribution in [-0.2, 0) is 4.79 Å². The van der Waals surface area contributed by atoms with Gasteiger partial charge in [0, 0.05) is 6.54 Å². The van der Waals surface area contributed by atoms with Gasteiger partial charge in [-0.3, -0.25) is 4.79 Å². The molecule has 6 nitrogen and oxygen atoms in total. The molecular weight excluding hydrogens is 304 g/mol. The summed E-state index contributed by atoms with van der Waals surface area (Å²) in [6.07, 6.45) is 1.88. The van der Waals surface area contributed by atoms with Gasteiger partial charge < -0.3 is 20.6 Å². The highest BCUT2D eigenvalue weighted by Crippen LogP contribution is 2.17. The predicted molar refractivity (Wildman–Crippen MR) is 95.3 cm³/mol. The molecule has 1 amide bonds. The van der Waals surface area contributed by atoms with E-state index in [9.17, 15) is 15.2 Å². The molecule has 138 valence electrons. The molecule has 0 aromatic rings. The van der Waals surface area contributed by atoms with Crippen LogP contribution in [0.4, 0.5) is 0 Å². The highest BCUT2D eigenvalue weighted by molar-refractivity contribution is 5.82. The number of aliphatic hydroxyl groups is 1. The molecule has 0 bridgehead atoms. The first-order chi connectivity index (χ1) is 11.2. The fourth-order valence-electron chi connectivity index (χ4n) is 2.85. The SMILES string of the molecule is CC(C)[C@](C)(C#N)NC(=O)[C@H](C)NCC1CCN(C[C@H](C)O)CC1. The number of nitriles is 1. The standard InChI is InChI=1S/C18H34N4O2/c1-13(2)18(5,12-19)21-17(24)15(4)20-10-16-6-8-22(9-7-16)11-14(3)23/h13-16,20,23H,6-11H2,1-5H3,(H,21,24)/t14-,15-,18-/m0/s1. The van der Waals surface area contributed by atoms with Crippen LogP contribution in [0.5, 0.6) is 0 Å². The van der Waals surface area contributed by atoms with E-state index in [-0.39, 0.29) is 24.0 Å². The van der Waals surface area contributed by atoms with Crippen molar-refractivity contribution in [3.8, 4) is 6.07 Å². The minimum absolute atomic E-state index is 0.0527. The van der Waals surface area contributed by atoms with Crippen LogP contribution in [0.15, 0.2) is 0 Å². The Morgan fingerprint density at radius 3 is 2.38 bits per heavy atom. The minimum Gasteiger partial charge on any atom is -0.392 e. The molecule has 0 aliphatic carbocycles. The Bertz CT molecular complexity index is 439. The van der Waals surface area contributed by atoms with Crippen LogP contribution in [0.1, 0.15) is 47.5 Å². The average molecular weight is 338 g/mol. The van der Waals surface area contributed by atoms with E-state index in [1.54, 1.807) is 6.92 Å². The number of β-amino-alcohol motifs (C(OH)–C–C–N with tert-alkyl or cyclic N) is 1. The molecule has 6 heteroatoms. The summed E-state index contributed by atoms with van der Waals surface area (Å²) < 4.78 is 0. The van der Waals surface area contributed by atoms with Crippen molar-refractivity contribution >= 4 is 5.91 Å². The molecule has 1 aliphatic heterocycles. The smallest absolute Gasteiger partial charge is 0.238 e. The number of amides is 1. The summed E-state index contributed by atoms with van der Waals surface area (Å²) in [4.78, 5) is 14.6. The van der Waals surface area contributed by atoms with Gasteiger partial charge in [0.05, 0.1) is 18.2 Å². The van der Waals surface area contributed by atoms with Crippen LogP contribution in [0.25, 0.3) is 0 Å². The highest BCUT2D eigenvalue weighted by Gasteiger charge is 2.31. The zero-order valence-electron chi connectivity index (χ0n) is 15.8. The summed E-state index contributed by atoms with van der Waals surface area (Å²) in [7, 11) is 0. The number of hydrogen-bond donors (Lipinski definition) is 3. The van der Waals surface area contributed by atoms with Gasteiger partial charge in [0.15, 0.2) is 0 Å². The van der Waals surface area contributed by atoms with Crippen LogP contribution >= 0.6 is 0 Å². The van der Waals surface area contributed by atoms with Crippen LogP contribution in [-0.4, -0.2) is 59.8 Å². The molecule has 0 saturated carbocycles. The lowest BCUT2D eigenvalue weighted by Gasteiger charge is -2.33. The number of nitrogens with zero attached hydrogens (tertiary/aromatic N) is 2. The van der Waals surface area contributed by atoms with Crippen molar-refractivity contribution in [2.45, 2.75) is 65.1 Å². The van der Waals surface area contributed by atoms with Gasteiger partial charge in [-0.2, -0.15) is 5.26 Å². The number of aliphatic hydroxyl groups excluding tert-OH is 1. The molecular formula is C18H34N4O2. The lowest BCUT2D eigenvalue weighted by Crippen LogP contribution is -2.54. The van der Waals surface area contributed by atoms with E-state index < -0.39 is 5.54 Å². The molecule has 24 heavy (non-hydrogen) atoms. The van der Waals surface area contributed by atoms with Crippen LogP contribution in [0.3, 0.4) is 0 Å². The zero-order valence-corrected chi connectivity index (χ0v) is 15.8. The normalized spacial score (nSPS) is 21.8. The first-order valence-electron chi connectivity index (χ1n) is 9.05. The van der Waals surface area contributed by atoms with E-state index in [0.29, 0.717) is 5.92 Å². The maximum atomic E-state index is 12.3. The lowest BCUT2D eigenvalue weighted by molar-refractivity contribution is -0.124. The number of likely N-dealkylation sites (tertiary alicyclic amines) is 1. The molecule has 0 spiro atoms. The van der Waals surface area contributed by atoms with Gasteiger partial charge >= 0.3 is 0 Å². The quantitative estimate of drug-likeness (QED) is 0.617. The summed E-state index contributed by atoms with van der Waals surface area (Å²) >= 11 is 0. The highest BCUT2D eigenvalue weighted by atomic mass is 16.3. The topological polar surface area (TPSA) is 88.4 Å². The fraction of sp³-hybridized carbons (Fsp3) is 0.889. The maximum Gasteiger partial charge on any atom is 0.238 e. The Morgan fingerprint density at radius 1 is 1.33 bits per heavy atom. The van der Waals surface area contributed by atoms with Crippen molar-refractivity contribution in [2.75, 3.05) is 26.2 Å². The second-order valence-corrected chi connectivity index (χ2v) is 7.68. The first kappa shape index (κ1) is 20.9. The third-order valence-corrected chi connectivity index (χ3v) is 5.11. The third kappa shape index (κ3) is 6.39. The summed E-state index contributed by atoms with van der Waals surface area (Å²) in [6.45, 7) is 12.8. The van der Waals surface area contributed by atoms with Crippen LogP contribution < -0.4 is 10.6 Å². The van der Waals surface area contributed by atoms with E-state index >= 15 is 0 Å². The second-order valence-electron chi connectivity index (χ2n) is 7.68. The molecule has 1 heterocycles. The van der Waals surface area contributed by atoms with Crippen molar-refractivity contribution in [3.63, 3.8) is 0 Å². The number of piperidine rings is 1. The molecule has 1 fully saturated rings. The van der Waals surface area contributed by atoms with Crippen molar-refractivity contribution in [1.29, 1.82) is 5.26 Å². The van der Waals surface area contributed by atoms with Gasteiger partial charge in [-0.05, 0) is 65.1 Å². The second kappa shape index (κ2) is 9.36. The Labute approximate surface area is 146 Å². The van der Waals surface area contributed by atoms with Crippen LogP contribution in [0, 0.1) is 23.2 Å². The Morgan fingerprint density at radius 2 is 1.92 bits per heavy atom. The lowest BCUT2D eigenvalue weighted by atomic mass is 9.89. The summed E-state index contributed by atoms with van der Waals surface area (Å²) in [5.74, 6) is 0.481. The largest absolute Gasteiger partial charge is 0.392 e. The van der Waals surface area contributed by atoms with E-state index in [2.05, 4.69) is 21.6 Å². The summed E-state index contributed by atoms with van der Waals surface area (Å²) in [6, 6.07) is 1.89. The maximum absolute atomic E-state index is 12.3. The van der Waals surface area contributed by atoms with Crippen molar-refractivity contribution in [3.05, 3.63) is 0 Å². The number of nitrogens with one attached hydrogen (secondary N) is 2. The number of rotatable bonds is 8. The van der Waals surface area contributed by atoms with Gasteiger partial charge in [-0.1, -0.05) is 13.8 Å². The number of carbonyl (C=O) groups excluding carboxylic acids is 1. The van der Waals surface area contributed by atoms with E-state index in [1.807, 2.05) is 27.7 Å². The first-order valence-corrected chi connectivity index (χ1v) is 9.05. The molecule has 1 saturated heterocycles. The zero-order chi connectivity index (χ0) is 18.3. The van der Waals surface area contributed by atoms with Crippen molar-refractivity contribution in [1.82, 2.24) is 15.5 Å². The Balaban J connectivity index is 2.35. The molecule has 1 rings (SSSR count). The predicted octanol–water partition coefficient (Wildman–Crippen LogP) is 1.11. The molecule has 3 N–H and O–H groups in total. The van der Waals surface area contributed by atoms with Crippen LogP contribution in [0.2, 0.25) is 0 Å². The van der Waals surface area contributed by atoms with Gasteiger partial charge in [0.25, 0.3) is 0 Å². The number of carbonyl (C=O) groups is 1. The van der Waals surface area contributed by atoms with Crippen molar-refractivity contribution < 1.29 is 9.90 Å². The fourth-order valence-corrected chi connectivity index (χ4v) is 2.85. The van der Waals surface area contributed by atoms with Gasteiger partial charge in [-0.15, -0.1) is 0 Å². The molecule has 0 unspecified atom stereocenters. The van der Waals surface area contributed by atoms with Gasteiger partial charge in [0.1, 0.15) is 5.54 Å². The average Bonchev–Trinajstić information content (AvgIpc) is 2.52. The summed E-state index contributed by atoms with van der Waals surface area (Å²) in [5.41, 5.74) is -0.834. The Kier molecular flexibility index (Phi) is 8.14. The van der Waals surface area contributed by atoms with E-state index in [4.69, 9.17) is 0 Å². The summed E-state index contributed by atoms with van der Waals surface area (Å²) in [5, 5.41) is 24.9. The van der Waals surface area contributed by atoms with Crippen molar-refractivity contribution in [2.24, 2.45) is 11.8 Å². The molecule has 0 radical (unpaired) electrons.